The fourth-order valence-corrected chi connectivity index (χ4v) is 3.09. The van der Waals surface area contributed by atoms with Gasteiger partial charge in [-0.25, -0.2) is 4.79 Å². The first-order valence-corrected chi connectivity index (χ1v) is 10.3. The number of nitrogens with zero attached hydrogens (tertiary/aromatic N) is 1. The van der Waals surface area contributed by atoms with Crippen LogP contribution in [0.2, 0.25) is 0 Å². The number of hydrogen-bond donors (Lipinski definition) is 0. The highest BCUT2D eigenvalue weighted by molar-refractivity contribution is 7.85. The number of amides is 1. The molecule has 0 aliphatic carbocycles. The lowest BCUT2D eigenvalue weighted by Gasteiger charge is -2.28. The van der Waals surface area contributed by atoms with Gasteiger partial charge in [0.15, 0.2) is 0 Å². The van der Waals surface area contributed by atoms with Crippen LogP contribution in [0.5, 0.6) is 0 Å². The average molecular weight is 385 g/mol. The summed E-state index contributed by atoms with van der Waals surface area (Å²) in [5, 5.41) is 0. The molecule has 2 unspecified atom stereocenters. The largest absolute Gasteiger partial charge is 0.444 e. The third-order valence-electron chi connectivity index (χ3n) is 3.81. The summed E-state index contributed by atoms with van der Waals surface area (Å²) in [6.07, 6.45) is 0.770. The first kappa shape index (κ1) is 20.7. The molecule has 0 saturated carbocycles. The van der Waals surface area contributed by atoms with E-state index in [4.69, 9.17) is 13.7 Å². The molecule has 8 heteroatoms. The van der Waals surface area contributed by atoms with Crippen molar-refractivity contribution in [3.05, 3.63) is 35.9 Å². The Balaban J connectivity index is 2.00. The topological polar surface area (TPSA) is 82.1 Å². The van der Waals surface area contributed by atoms with Gasteiger partial charge in [-0.3, -0.25) is 4.18 Å². The second-order valence-electron chi connectivity index (χ2n) is 7.43. The van der Waals surface area contributed by atoms with E-state index in [0.29, 0.717) is 19.6 Å². The second kappa shape index (κ2) is 8.37. The normalized spacial score (nSPS) is 21.0. The van der Waals surface area contributed by atoms with Gasteiger partial charge in [-0.05, 0) is 32.8 Å². The summed E-state index contributed by atoms with van der Waals surface area (Å²) >= 11 is 0. The molecule has 1 fully saturated rings. The molecule has 0 radical (unpaired) electrons. The van der Waals surface area contributed by atoms with Crippen molar-refractivity contribution in [1.29, 1.82) is 0 Å². The highest BCUT2D eigenvalue weighted by atomic mass is 32.2. The molecule has 1 aliphatic heterocycles. The maximum Gasteiger partial charge on any atom is 0.410 e. The molecule has 146 valence electrons. The molecule has 26 heavy (non-hydrogen) atoms. The van der Waals surface area contributed by atoms with Crippen LogP contribution in [0, 0.1) is 0 Å². The van der Waals surface area contributed by atoms with E-state index in [0.717, 1.165) is 11.8 Å². The quantitative estimate of drug-likeness (QED) is 0.700. The molecule has 1 aromatic rings. The SMILES string of the molecule is CC(C)(C)OC(=O)N1CC(OCc2ccccc2)CC1COS(C)(=O)=O. The molecular weight excluding hydrogens is 358 g/mol. The van der Waals surface area contributed by atoms with Crippen molar-refractivity contribution >= 4 is 16.2 Å². The number of hydrogen-bond acceptors (Lipinski definition) is 6. The molecule has 0 aromatic heterocycles. The summed E-state index contributed by atoms with van der Waals surface area (Å²) in [6.45, 7) is 6.00. The third kappa shape index (κ3) is 6.93. The van der Waals surface area contributed by atoms with Gasteiger partial charge in [0.2, 0.25) is 0 Å². The number of ether oxygens (including phenoxy) is 2. The lowest BCUT2D eigenvalue weighted by Crippen LogP contribution is -2.42. The molecule has 0 bridgehead atoms. The van der Waals surface area contributed by atoms with Crippen LogP contribution in [0.15, 0.2) is 30.3 Å². The molecule has 2 rings (SSSR count). The molecule has 0 N–H and O–H groups in total. The molecule has 2 atom stereocenters. The summed E-state index contributed by atoms with van der Waals surface area (Å²) in [5.74, 6) is 0. The standard InChI is InChI=1S/C18H27NO6S/c1-18(2,3)25-17(20)19-11-16(10-15(19)13-24-26(4,21)22)23-12-14-8-6-5-7-9-14/h5-9,15-16H,10-13H2,1-4H3. The van der Waals surface area contributed by atoms with E-state index in [1.165, 1.54) is 4.90 Å². The van der Waals surface area contributed by atoms with Gasteiger partial charge in [0.25, 0.3) is 10.1 Å². The van der Waals surface area contributed by atoms with Crippen LogP contribution >= 0.6 is 0 Å². The van der Waals surface area contributed by atoms with Crippen LogP contribution < -0.4 is 0 Å². The van der Waals surface area contributed by atoms with Gasteiger partial charge in [0, 0.05) is 0 Å². The van der Waals surface area contributed by atoms with Crippen molar-refractivity contribution in [2.45, 2.75) is 51.5 Å². The molecule has 0 spiro atoms. The minimum Gasteiger partial charge on any atom is -0.444 e. The van der Waals surface area contributed by atoms with E-state index in [1.54, 1.807) is 20.8 Å². The van der Waals surface area contributed by atoms with E-state index in [-0.39, 0.29) is 12.7 Å². The monoisotopic (exact) mass is 385 g/mol. The summed E-state index contributed by atoms with van der Waals surface area (Å²) < 4.78 is 38.8. The summed E-state index contributed by atoms with van der Waals surface area (Å²) in [5.41, 5.74) is 0.398. The van der Waals surface area contributed by atoms with Crippen LogP contribution in [-0.2, 0) is 30.4 Å². The Kier molecular flexibility index (Phi) is 6.65. The lowest BCUT2D eigenvalue weighted by molar-refractivity contribution is 0.0128. The average Bonchev–Trinajstić information content (AvgIpc) is 2.93. The zero-order chi connectivity index (χ0) is 19.4. The number of carbonyl (C=O) groups is 1. The Morgan fingerprint density at radius 3 is 2.46 bits per heavy atom. The fraction of sp³-hybridized carbons (Fsp3) is 0.611. The third-order valence-corrected chi connectivity index (χ3v) is 4.37. The van der Waals surface area contributed by atoms with Crippen molar-refractivity contribution in [3.8, 4) is 0 Å². The molecule has 7 nitrogen and oxygen atoms in total. The Hall–Kier alpha value is -1.64. The number of benzene rings is 1. The Bertz CT molecular complexity index is 698. The van der Waals surface area contributed by atoms with Crippen LogP contribution in [0.25, 0.3) is 0 Å². The highest BCUT2D eigenvalue weighted by Gasteiger charge is 2.38. The highest BCUT2D eigenvalue weighted by Crippen LogP contribution is 2.24. The predicted octanol–water partition coefficient (Wildman–Crippen LogP) is 2.56. The Morgan fingerprint density at radius 2 is 1.88 bits per heavy atom. The molecule has 1 saturated heterocycles. The van der Waals surface area contributed by atoms with Gasteiger partial charge >= 0.3 is 6.09 Å². The van der Waals surface area contributed by atoms with Gasteiger partial charge in [-0.15, -0.1) is 0 Å². The molecule has 1 aliphatic rings. The maximum atomic E-state index is 12.5. The van der Waals surface area contributed by atoms with E-state index in [9.17, 15) is 13.2 Å². The predicted molar refractivity (Wildman–Crippen MR) is 97.2 cm³/mol. The van der Waals surface area contributed by atoms with Crippen molar-refractivity contribution in [3.63, 3.8) is 0 Å². The van der Waals surface area contributed by atoms with Crippen LogP contribution in [0.4, 0.5) is 4.79 Å². The minimum absolute atomic E-state index is 0.108. The van der Waals surface area contributed by atoms with E-state index in [2.05, 4.69) is 0 Å². The zero-order valence-corrected chi connectivity index (χ0v) is 16.5. The van der Waals surface area contributed by atoms with Crippen molar-refractivity contribution in [1.82, 2.24) is 4.90 Å². The zero-order valence-electron chi connectivity index (χ0n) is 15.7. The number of rotatable bonds is 6. The van der Waals surface area contributed by atoms with Gasteiger partial charge < -0.3 is 14.4 Å². The molecule has 1 amide bonds. The molecule has 1 aromatic carbocycles. The van der Waals surface area contributed by atoms with E-state index >= 15 is 0 Å². The van der Waals surface area contributed by atoms with Gasteiger partial charge in [-0.1, -0.05) is 30.3 Å². The molecular formula is C18H27NO6S. The number of likely N-dealkylation sites (tertiary alicyclic amines) is 1. The van der Waals surface area contributed by atoms with Gasteiger partial charge in [0.1, 0.15) is 5.60 Å². The first-order valence-electron chi connectivity index (χ1n) is 8.53. The Morgan fingerprint density at radius 1 is 1.23 bits per heavy atom. The van der Waals surface area contributed by atoms with Crippen molar-refractivity contribution < 1.29 is 26.9 Å². The lowest BCUT2D eigenvalue weighted by atomic mass is 10.2. The van der Waals surface area contributed by atoms with Crippen LogP contribution in [0.1, 0.15) is 32.8 Å². The first-order chi connectivity index (χ1) is 12.0. The molecule has 1 heterocycles. The number of carbonyl (C=O) groups excluding carboxylic acids is 1. The van der Waals surface area contributed by atoms with E-state index in [1.807, 2.05) is 30.3 Å². The minimum atomic E-state index is -3.59. The van der Waals surface area contributed by atoms with Crippen molar-refractivity contribution in [2.24, 2.45) is 0 Å². The maximum absolute atomic E-state index is 12.5. The van der Waals surface area contributed by atoms with Crippen LogP contribution in [-0.4, -0.2) is 56.6 Å². The fourth-order valence-electron chi connectivity index (χ4n) is 2.69. The van der Waals surface area contributed by atoms with Crippen LogP contribution in [0.3, 0.4) is 0 Å². The summed E-state index contributed by atoms with van der Waals surface area (Å²) in [7, 11) is -3.59. The van der Waals surface area contributed by atoms with Crippen molar-refractivity contribution in [2.75, 3.05) is 19.4 Å². The van der Waals surface area contributed by atoms with Gasteiger partial charge in [0.05, 0.1) is 38.2 Å². The summed E-state index contributed by atoms with van der Waals surface area (Å²) in [6, 6.07) is 9.31. The Labute approximate surface area is 155 Å². The van der Waals surface area contributed by atoms with Gasteiger partial charge in [-0.2, -0.15) is 8.42 Å². The van der Waals surface area contributed by atoms with E-state index < -0.39 is 27.9 Å². The smallest absolute Gasteiger partial charge is 0.410 e. The summed E-state index contributed by atoms with van der Waals surface area (Å²) in [4.78, 5) is 14.0. The second-order valence-corrected chi connectivity index (χ2v) is 9.07.